The Bertz CT molecular complexity index is 1050. The molecule has 1 fully saturated rings. The van der Waals surface area contributed by atoms with Gasteiger partial charge in [-0.25, -0.2) is 0 Å². The molecule has 2 heterocycles. The highest BCUT2D eigenvalue weighted by atomic mass is 16.5. The number of hydrogen-bond donors (Lipinski definition) is 0. The van der Waals surface area contributed by atoms with E-state index in [0.717, 1.165) is 42.6 Å². The first-order valence-electron chi connectivity index (χ1n) is 11.6. The molecule has 0 bridgehead atoms. The van der Waals surface area contributed by atoms with Gasteiger partial charge in [0.05, 0.1) is 11.8 Å². The average Bonchev–Trinajstić information content (AvgIpc) is 3.46. The van der Waals surface area contributed by atoms with Crippen LogP contribution in [0.5, 0.6) is 0 Å². The van der Waals surface area contributed by atoms with Crippen LogP contribution < -0.4 is 9.80 Å². The number of amides is 2. The number of ether oxygens (including phenoxy) is 1. The molecule has 0 radical (unpaired) electrons. The van der Waals surface area contributed by atoms with E-state index in [1.165, 1.54) is 5.56 Å². The third-order valence-electron chi connectivity index (χ3n) is 7.07. The molecule has 2 atom stereocenters. The van der Waals surface area contributed by atoms with Crippen LogP contribution in [0.2, 0.25) is 0 Å². The molecule has 2 aromatic carbocycles. The van der Waals surface area contributed by atoms with Gasteiger partial charge in [0.2, 0.25) is 5.91 Å². The Balaban J connectivity index is 1.24. The van der Waals surface area contributed by atoms with Gasteiger partial charge < -0.3 is 14.5 Å². The van der Waals surface area contributed by atoms with Gasteiger partial charge in [-0.05, 0) is 48.9 Å². The first kappa shape index (κ1) is 20.7. The van der Waals surface area contributed by atoms with Gasteiger partial charge in [0.1, 0.15) is 0 Å². The minimum absolute atomic E-state index is 0.0106. The van der Waals surface area contributed by atoms with Crippen LogP contribution in [0, 0.1) is 11.8 Å². The number of carbonyl (C=O) groups excluding carboxylic acids is 3. The van der Waals surface area contributed by atoms with Crippen LogP contribution in [0.1, 0.15) is 36.8 Å². The SMILES string of the molecule is O=C(OCC(=O)N1CCc2ccccc21)C1CCCCC1C(=O)N1CCc2ccccc21. The molecule has 6 heteroatoms. The summed E-state index contributed by atoms with van der Waals surface area (Å²) in [5, 5.41) is 0. The summed E-state index contributed by atoms with van der Waals surface area (Å²) in [6.45, 7) is 0.981. The minimum Gasteiger partial charge on any atom is -0.455 e. The van der Waals surface area contributed by atoms with Crippen LogP contribution in [0.4, 0.5) is 11.4 Å². The highest BCUT2D eigenvalue weighted by molar-refractivity contribution is 6.00. The van der Waals surface area contributed by atoms with Crippen LogP contribution >= 0.6 is 0 Å². The Morgan fingerprint density at radius 1 is 0.781 bits per heavy atom. The number of hydrogen-bond acceptors (Lipinski definition) is 4. The predicted molar refractivity (Wildman–Crippen MR) is 121 cm³/mol. The first-order chi connectivity index (χ1) is 15.6. The maximum absolute atomic E-state index is 13.4. The number of benzene rings is 2. The van der Waals surface area contributed by atoms with Gasteiger partial charge in [-0.2, -0.15) is 0 Å². The van der Waals surface area contributed by atoms with E-state index in [1.54, 1.807) is 4.90 Å². The molecule has 6 nitrogen and oxygen atoms in total. The second kappa shape index (κ2) is 8.77. The molecule has 0 spiro atoms. The summed E-state index contributed by atoms with van der Waals surface area (Å²) in [7, 11) is 0. The maximum Gasteiger partial charge on any atom is 0.310 e. The molecular formula is C26H28N2O4. The van der Waals surface area contributed by atoms with E-state index < -0.39 is 11.9 Å². The Hall–Kier alpha value is -3.15. The average molecular weight is 433 g/mol. The molecule has 5 rings (SSSR count). The van der Waals surface area contributed by atoms with E-state index in [-0.39, 0.29) is 24.3 Å². The Kier molecular flexibility index (Phi) is 5.68. The van der Waals surface area contributed by atoms with Gasteiger partial charge in [-0.1, -0.05) is 49.2 Å². The van der Waals surface area contributed by atoms with Crippen molar-refractivity contribution in [2.24, 2.45) is 11.8 Å². The van der Waals surface area contributed by atoms with E-state index in [1.807, 2.05) is 47.4 Å². The van der Waals surface area contributed by atoms with Crippen molar-refractivity contribution >= 4 is 29.2 Å². The number of carbonyl (C=O) groups is 3. The second-order valence-corrected chi connectivity index (χ2v) is 8.90. The monoisotopic (exact) mass is 432 g/mol. The Morgan fingerprint density at radius 2 is 1.34 bits per heavy atom. The summed E-state index contributed by atoms with van der Waals surface area (Å²) in [5.41, 5.74) is 4.16. The van der Waals surface area contributed by atoms with Gasteiger partial charge in [-0.15, -0.1) is 0 Å². The Morgan fingerprint density at radius 3 is 2.03 bits per heavy atom. The molecule has 0 N–H and O–H groups in total. The van der Waals surface area contributed by atoms with E-state index in [0.29, 0.717) is 25.9 Å². The van der Waals surface area contributed by atoms with Crippen molar-refractivity contribution in [1.82, 2.24) is 0 Å². The first-order valence-corrected chi connectivity index (χ1v) is 11.6. The normalized spacial score (nSPS) is 21.8. The third-order valence-corrected chi connectivity index (χ3v) is 7.07. The van der Waals surface area contributed by atoms with Crippen LogP contribution in [0.15, 0.2) is 48.5 Å². The molecule has 1 saturated carbocycles. The van der Waals surface area contributed by atoms with Gasteiger partial charge in [-0.3, -0.25) is 14.4 Å². The lowest BCUT2D eigenvalue weighted by molar-refractivity contribution is -0.156. The zero-order valence-corrected chi connectivity index (χ0v) is 18.2. The van der Waals surface area contributed by atoms with Crippen LogP contribution in [0.25, 0.3) is 0 Å². The number of nitrogens with zero attached hydrogens (tertiary/aromatic N) is 2. The quantitative estimate of drug-likeness (QED) is 0.694. The van der Waals surface area contributed by atoms with Gasteiger partial charge in [0.15, 0.2) is 6.61 Å². The topological polar surface area (TPSA) is 66.9 Å². The summed E-state index contributed by atoms with van der Waals surface area (Å²) in [6.07, 6.45) is 4.80. The highest BCUT2D eigenvalue weighted by Gasteiger charge is 2.40. The summed E-state index contributed by atoms with van der Waals surface area (Å²) < 4.78 is 5.48. The smallest absolute Gasteiger partial charge is 0.310 e. The molecule has 0 aromatic heterocycles. The number of rotatable bonds is 4. The highest BCUT2D eigenvalue weighted by Crippen LogP contribution is 2.36. The largest absolute Gasteiger partial charge is 0.455 e. The van der Waals surface area contributed by atoms with Crippen molar-refractivity contribution in [3.8, 4) is 0 Å². The van der Waals surface area contributed by atoms with Gasteiger partial charge in [0.25, 0.3) is 5.91 Å². The van der Waals surface area contributed by atoms with Crippen molar-refractivity contribution in [1.29, 1.82) is 0 Å². The van der Waals surface area contributed by atoms with Crippen LogP contribution in [-0.2, 0) is 32.0 Å². The number of anilines is 2. The zero-order chi connectivity index (χ0) is 22.1. The molecule has 0 saturated heterocycles. The Labute approximate surface area is 188 Å². The molecule has 2 aliphatic heterocycles. The van der Waals surface area contributed by atoms with Crippen molar-refractivity contribution in [3.63, 3.8) is 0 Å². The van der Waals surface area contributed by atoms with Crippen molar-refractivity contribution in [3.05, 3.63) is 59.7 Å². The molecule has 2 aromatic rings. The van der Waals surface area contributed by atoms with E-state index in [2.05, 4.69) is 6.07 Å². The molecule has 2 unspecified atom stereocenters. The van der Waals surface area contributed by atoms with Gasteiger partial charge in [0, 0.05) is 24.5 Å². The lowest BCUT2D eigenvalue weighted by atomic mass is 9.78. The standard InChI is InChI=1S/C26H28N2O4/c29-24(27-15-13-18-7-1-5-11-22(18)27)17-32-26(31)21-10-4-3-9-20(21)25(30)28-16-14-19-8-2-6-12-23(19)28/h1-2,5-8,11-12,20-21H,3-4,9-10,13-17H2. The van der Waals surface area contributed by atoms with Crippen molar-refractivity contribution in [2.75, 3.05) is 29.5 Å². The third kappa shape index (κ3) is 3.78. The summed E-state index contributed by atoms with van der Waals surface area (Å²) >= 11 is 0. The molecule has 166 valence electrons. The van der Waals surface area contributed by atoms with Crippen molar-refractivity contribution < 1.29 is 19.1 Å². The van der Waals surface area contributed by atoms with Gasteiger partial charge >= 0.3 is 5.97 Å². The van der Waals surface area contributed by atoms with Crippen molar-refractivity contribution in [2.45, 2.75) is 38.5 Å². The molecule has 32 heavy (non-hydrogen) atoms. The second-order valence-electron chi connectivity index (χ2n) is 8.90. The lowest BCUT2D eigenvalue weighted by Crippen LogP contribution is -2.43. The summed E-state index contributed by atoms with van der Waals surface area (Å²) in [5.74, 6) is -1.49. The summed E-state index contributed by atoms with van der Waals surface area (Å²) in [4.78, 5) is 42.6. The summed E-state index contributed by atoms with van der Waals surface area (Å²) in [6, 6.07) is 15.8. The molecule has 2 amide bonds. The number of para-hydroxylation sites is 2. The lowest BCUT2D eigenvalue weighted by Gasteiger charge is -2.32. The fourth-order valence-electron chi connectivity index (χ4n) is 5.39. The van der Waals surface area contributed by atoms with E-state index >= 15 is 0 Å². The molecular weight excluding hydrogens is 404 g/mol. The molecule has 1 aliphatic carbocycles. The maximum atomic E-state index is 13.4. The number of fused-ring (bicyclic) bond motifs is 2. The fraction of sp³-hybridized carbons (Fsp3) is 0.423. The zero-order valence-electron chi connectivity index (χ0n) is 18.2. The van der Waals surface area contributed by atoms with E-state index in [9.17, 15) is 14.4 Å². The predicted octanol–water partition coefficient (Wildman–Crippen LogP) is 3.51. The van der Waals surface area contributed by atoms with Crippen LogP contribution in [0.3, 0.4) is 0 Å². The number of esters is 1. The molecule has 3 aliphatic rings. The fourth-order valence-corrected chi connectivity index (χ4v) is 5.39. The van der Waals surface area contributed by atoms with Crippen LogP contribution in [-0.4, -0.2) is 37.5 Å². The van der Waals surface area contributed by atoms with E-state index in [4.69, 9.17) is 4.74 Å². The minimum atomic E-state index is -0.484.